The number of aromatic nitrogens is 1. The van der Waals surface area contributed by atoms with Gasteiger partial charge in [0.05, 0.1) is 35.6 Å². The number of phenolic OH excluding ortho intramolecular Hbond substituents is 1. The van der Waals surface area contributed by atoms with Crippen molar-refractivity contribution in [1.29, 1.82) is 0 Å². The average molecular weight is 569 g/mol. The molecule has 0 fully saturated rings. The molecule has 1 aliphatic rings. The number of nitrogens with zero attached hydrogens (tertiary/aromatic N) is 2. The molecular formula is C33H32N2O5S. The normalized spacial score (nSPS) is 15.1. The number of carbonyl (C=O) groups excluding carboxylic acids is 1. The summed E-state index contributed by atoms with van der Waals surface area (Å²) in [5.41, 5.74) is 4.57. The molecule has 1 unspecified atom stereocenters. The van der Waals surface area contributed by atoms with Crippen LogP contribution in [0.1, 0.15) is 60.5 Å². The van der Waals surface area contributed by atoms with E-state index in [0.29, 0.717) is 26.2 Å². The Morgan fingerprint density at radius 1 is 1.12 bits per heavy atom. The predicted molar refractivity (Wildman–Crippen MR) is 161 cm³/mol. The van der Waals surface area contributed by atoms with E-state index in [2.05, 4.69) is 13.8 Å². The summed E-state index contributed by atoms with van der Waals surface area (Å²) in [6.07, 6.45) is 1.73. The van der Waals surface area contributed by atoms with Gasteiger partial charge in [0.25, 0.3) is 5.56 Å². The van der Waals surface area contributed by atoms with Crippen LogP contribution in [-0.2, 0) is 9.53 Å². The van der Waals surface area contributed by atoms with Crippen molar-refractivity contribution in [2.24, 2.45) is 4.99 Å². The monoisotopic (exact) mass is 568 g/mol. The van der Waals surface area contributed by atoms with Crippen LogP contribution in [-0.4, -0.2) is 29.4 Å². The largest absolute Gasteiger partial charge is 0.508 e. The maximum Gasteiger partial charge on any atom is 0.338 e. The summed E-state index contributed by atoms with van der Waals surface area (Å²) < 4.78 is 13.3. The van der Waals surface area contributed by atoms with Crippen LogP contribution in [0.2, 0.25) is 0 Å². The number of rotatable bonds is 7. The molecule has 4 aromatic rings. The van der Waals surface area contributed by atoms with E-state index in [9.17, 15) is 14.7 Å². The first-order valence-electron chi connectivity index (χ1n) is 13.5. The number of thiazole rings is 1. The van der Waals surface area contributed by atoms with Gasteiger partial charge in [0.2, 0.25) is 0 Å². The Morgan fingerprint density at radius 2 is 1.88 bits per heavy atom. The Hall–Kier alpha value is -4.43. The lowest BCUT2D eigenvalue weighted by molar-refractivity contribution is -0.138. The van der Waals surface area contributed by atoms with Crippen molar-refractivity contribution in [3.8, 4) is 11.5 Å². The molecule has 0 radical (unpaired) electrons. The molecule has 2 heterocycles. The Labute approximate surface area is 242 Å². The number of fused-ring (bicyclic) bond motifs is 1. The van der Waals surface area contributed by atoms with Crippen LogP contribution in [0.15, 0.2) is 82.1 Å². The van der Waals surface area contributed by atoms with E-state index in [1.807, 2.05) is 55.5 Å². The van der Waals surface area contributed by atoms with Crippen LogP contribution >= 0.6 is 11.3 Å². The molecule has 0 spiro atoms. The lowest BCUT2D eigenvalue weighted by Gasteiger charge is -2.28. The third-order valence-corrected chi connectivity index (χ3v) is 8.06. The first-order valence-corrected chi connectivity index (χ1v) is 14.3. The highest BCUT2D eigenvalue weighted by Gasteiger charge is 2.36. The first-order chi connectivity index (χ1) is 19.7. The number of ether oxygens (including phenoxy) is 2. The van der Waals surface area contributed by atoms with E-state index in [1.165, 1.54) is 11.3 Å². The zero-order chi connectivity index (χ0) is 29.3. The second-order valence-electron chi connectivity index (χ2n) is 10.1. The number of hydrogen-bond acceptors (Lipinski definition) is 7. The summed E-state index contributed by atoms with van der Waals surface area (Å²) >= 11 is 1.25. The van der Waals surface area contributed by atoms with Crippen LogP contribution in [0.5, 0.6) is 11.5 Å². The summed E-state index contributed by atoms with van der Waals surface area (Å²) in [5, 5.41) is 9.98. The summed E-state index contributed by atoms with van der Waals surface area (Å²) in [6.45, 7) is 8.05. The van der Waals surface area contributed by atoms with Crippen LogP contribution in [0, 0.1) is 6.92 Å². The molecule has 0 amide bonds. The molecule has 7 nitrogen and oxygen atoms in total. The van der Waals surface area contributed by atoms with Crippen LogP contribution in [0.25, 0.3) is 11.8 Å². The van der Waals surface area contributed by atoms with Crippen molar-refractivity contribution in [2.75, 3.05) is 13.7 Å². The quantitative estimate of drug-likeness (QED) is 0.314. The highest BCUT2D eigenvalue weighted by Crippen LogP contribution is 2.39. The molecule has 210 valence electrons. The predicted octanol–water partition coefficient (Wildman–Crippen LogP) is 5.08. The van der Waals surface area contributed by atoms with Crippen molar-refractivity contribution in [2.45, 2.75) is 39.7 Å². The van der Waals surface area contributed by atoms with Crippen LogP contribution in [0.3, 0.4) is 0 Å². The number of hydrogen-bond donors (Lipinski definition) is 1. The van der Waals surface area contributed by atoms with E-state index in [-0.39, 0.29) is 23.8 Å². The Morgan fingerprint density at radius 3 is 2.54 bits per heavy atom. The number of aryl methyl sites for hydroxylation is 1. The van der Waals surface area contributed by atoms with Gasteiger partial charge in [0, 0.05) is 5.56 Å². The van der Waals surface area contributed by atoms with Gasteiger partial charge in [-0.1, -0.05) is 67.6 Å². The fourth-order valence-corrected chi connectivity index (χ4v) is 6.14. The number of carbonyl (C=O) groups is 1. The van der Waals surface area contributed by atoms with Crippen molar-refractivity contribution >= 4 is 29.1 Å². The molecule has 0 aliphatic carbocycles. The van der Waals surface area contributed by atoms with E-state index in [0.717, 1.165) is 28.0 Å². The molecule has 3 aromatic carbocycles. The van der Waals surface area contributed by atoms with Gasteiger partial charge in [-0.15, -0.1) is 0 Å². The summed E-state index contributed by atoms with van der Waals surface area (Å²) in [4.78, 5) is 33.3. The third kappa shape index (κ3) is 5.35. The van der Waals surface area contributed by atoms with Gasteiger partial charge in [-0.3, -0.25) is 9.36 Å². The minimum atomic E-state index is -0.782. The zero-order valence-corrected chi connectivity index (χ0v) is 24.5. The molecule has 0 saturated heterocycles. The maximum absolute atomic E-state index is 14.1. The smallest absolute Gasteiger partial charge is 0.338 e. The zero-order valence-electron chi connectivity index (χ0n) is 23.7. The fraction of sp³-hybridized carbons (Fsp3) is 0.242. The molecule has 1 atom stereocenters. The Balaban J connectivity index is 1.89. The first kappa shape index (κ1) is 28.1. The Kier molecular flexibility index (Phi) is 7.94. The van der Waals surface area contributed by atoms with Crippen LogP contribution in [0.4, 0.5) is 0 Å². The van der Waals surface area contributed by atoms with Gasteiger partial charge in [-0.05, 0) is 72.4 Å². The van der Waals surface area contributed by atoms with E-state index < -0.39 is 12.0 Å². The summed E-state index contributed by atoms with van der Waals surface area (Å²) in [7, 11) is 1.64. The lowest BCUT2D eigenvalue weighted by atomic mass is 9.87. The highest BCUT2D eigenvalue weighted by molar-refractivity contribution is 7.07. The molecule has 0 bridgehead atoms. The maximum atomic E-state index is 14.1. The minimum Gasteiger partial charge on any atom is -0.508 e. The molecule has 8 heteroatoms. The van der Waals surface area contributed by atoms with E-state index in [1.54, 1.807) is 42.9 Å². The Bertz CT molecular complexity index is 1830. The van der Waals surface area contributed by atoms with Crippen LogP contribution < -0.4 is 19.6 Å². The highest BCUT2D eigenvalue weighted by atomic mass is 32.1. The minimum absolute atomic E-state index is 0.107. The lowest BCUT2D eigenvalue weighted by Crippen LogP contribution is -2.40. The van der Waals surface area contributed by atoms with E-state index in [4.69, 9.17) is 14.5 Å². The van der Waals surface area contributed by atoms with E-state index >= 15 is 0 Å². The second-order valence-corrected chi connectivity index (χ2v) is 11.1. The van der Waals surface area contributed by atoms with Gasteiger partial charge >= 0.3 is 5.97 Å². The number of esters is 1. The number of aromatic hydroxyl groups is 1. The summed E-state index contributed by atoms with van der Waals surface area (Å²) in [6, 6.07) is 19.4. The number of methoxy groups -OCH3 is 1. The number of phenols is 1. The van der Waals surface area contributed by atoms with Gasteiger partial charge in [0.1, 0.15) is 11.5 Å². The summed E-state index contributed by atoms with van der Waals surface area (Å²) in [5.74, 6) is 0.469. The van der Waals surface area contributed by atoms with Gasteiger partial charge < -0.3 is 14.6 Å². The molecule has 1 N–H and O–H groups in total. The van der Waals surface area contributed by atoms with Crippen molar-refractivity contribution in [3.63, 3.8) is 0 Å². The van der Waals surface area contributed by atoms with Crippen molar-refractivity contribution < 1.29 is 19.4 Å². The SMILES string of the molecule is CCOC(=O)C1=C(c2ccccc2)N=c2s/c(=C\c3cccc(O)c3)c(=O)n2C1c1cc(C(C)C)c(OC)cc1C. The van der Waals surface area contributed by atoms with Crippen molar-refractivity contribution in [1.82, 2.24) is 4.57 Å². The van der Waals surface area contributed by atoms with Gasteiger partial charge in [-0.25, -0.2) is 9.79 Å². The molecule has 1 aliphatic heterocycles. The fourth-order valence-electron chi connectivity index (χ4n) is 5.14. The molecule has 0 saturated carbocycles. The number of benzene rings is 3. The standard InChI is InChI=1S/C33H32N2O5S/c1-6-40-32(38)28-29(22-12-8-7-9-13-22)34-33-35(31(37)27(41-33)17-21-11-10-14-23(36)16-21)30(28)25-18-24(19(2)3)26(39-5)15-20(25)4/h7-19,30,36H,6H2,1-5H3/b27-17-. The average Bonchev–Trinajstić information content (AvgIpc) is 3.26. The second kappa shape index (κ2) is 11.6. The topological polar surface area (TPSA) is 90.1 Å². The van der Waals surface area contributed by atoms with Gasteiger partial charge in [0.15, 0.2) is 4.80 Å². The molecule has 5 rings (SSSR count). The van der Waals surface area contributed by atoms with Gasteiger partial charge in [-0.2, -0.15) is 0 Å². The molecule has 1 aromatic heterocycles. The van der Waals surface area contributed by atoms with Crippen molar-refractivity contribution in [3.05, 3.63) is 120 Å². The molecule has 41 heavy (non-hydrogen) atoms. The molecular weight excluding hydrogens is 536 g/mol. The third-order valence-electron chi connectivity index (χ3n) is 7.08.